The lowest BCUT2D eigenvalue weighted by molar-refractivity contribution is -0.184. The number of hydrogen-bond donors (Lipinski definition) is 1. The summed E-state index contributed by atoms with van der Waals surface area (Å²) in [4.78, 5) is 3.88. The molecule has 0 aliphatic carbocycles. The number of pyridine rings is 1. The van der Waals surface area contributed by atoms with Crippen molar-refractivity contribution in [2.45, 2.75) is 5.60 Å². The lowest BCUT2D eigenvalue weighted by atomic mass is 9.94. The first-order valence-electron chi connectivity index (χ1n) is 3.63. The van der Waals surface area contributed by atoms with Gasteiger partial charge < -0.3 is 9.84 Å². The van der Waals surface area contributed by atoms with Crippen molar-refractivity contribution < 1.29 is 9.84 Å². The first-order valence-corrected chi connectivity index (χ1v) is 4.01. The van der Waals surface area contributed by atoms with E-state index in [2.05, 4.69) is 4.98 Å². The molecule has 2 heterocycles. The second-order valence-corrected chi connectivity index (χ2v) is 3.28. The van der Waals surface area contributed by atoms with Crippen LogP contribution in [0.15, 0.2) is 18.3 Å². The van der Waals surface area contributed by atoms with Crippen LogP contribution in [-0.2, 0) is 10.3 Å². The molecule has 2 rings (SSSR count). The van der Waals surface area contributed by atoms with Crippen molar-refractivity contribution in [3.8, 4) is 0 Å². The highest BCUT2D eigenvalue weighted by Crippen LogP contribution is 2.28. The summed E-state index contributed by atoms with van der Waals surface area (Å²) >= 11 is 5.60. The Morgan fingerprint density at radius 1 is 1.50 bits per heavy atom. The van der Waals surface area contributed by atoms with Gasteiger partial charge in [0.25, 0.3) is 0 Å². The van der Waals surface area contributed by atoms with Gasteiger partial charge in [-0.2, -0.15) is 0 Å². The fourth-order valence-electron chi connectivity index (χ4n) is 1.11. The van der Waals surface area contributed by atoms with Gasteiger partial charge >= 0.3 is 0 Å². The lowest BCUT2D eigenvalue weighted by Gasteiger charge is -2.36. The second-order valence-electron chi connectivity index (χ2n) is 2.89. The Bertz CT molecular complexity index is 282. The first-order chi connectivity index (χ1) is 5.71. The molecule has 1 aromatic rings. The van der Waals surface area contributed by atoms with Gasteiger partial charge in [0.2, 0.25) is 0 Å². The van der Waals surface area contributed by atoms with Crippen molar-refractivity contribution in [2.24, 2.45) is 0 Å². The number of aliphatic hydroxyl groups is 1. The Morgan fingerprint density at radius 3 is 2.67 bits per heavy atom. The third-order valence-electron chi connectivity index (χ3n) is 1.95. The number of halogens is 1. The summed E-state index contributed by atoms with van der Waals surface area (Å²) in [7, 11) is 0. The molecule has 1 N–H and O–H groups in total. The van der Waals surface area contributed by atoms with E-state index in [1.807, 2.05) is 0 Å². The molecule has 0 saturated carbocycles. The van der Waals surface area contributed by atoms with E-state index in [0.717, 1.165) is 5.56 Å². The van der Waals surface area contributed by atoms with E-state index < -0.39 is 5.60 Å². The summed E-state index contributed by atoms with van der Waals surface area (Å²) in [6.07, 6.45) is 1.57. The standard InChI is InChI=1S/C8H8ClNO2/c9-7-2-1-6(3-10-7)8(11)4-12-5-8/h1-3,11H,4-5H2. The Hall–Kier alpha value is -0.640. The summed E-state index contributed by atoms with van der Waals surface area (Å²) in [5, 5.41) is 10.2. The van der Waals surface area contributed by atoms with E-state index in [4.69, 9.17) is 16.3 Å². The van der Waals surface area contributed by atoms with Crippen molar-refractivity contribution in [3.05, 3.63) is 29.0 Å². The summed E-state index contributed by atoms with van der Waals surface area (Å²) in [6.45, 7) is 0.687. The van der Waals surface area contributed by atoms with E-state index >= 15 is 0 Å². The monoisotopic (exact) mass is 185 g/mol. The minimum absolute atomic E-state index is 0.344. The minimum atomic E-state index is -0.836. The molecule has 1 aliphatic rings. The van der Waals surface area contributed by atoms with Gasteiger partial charge in [0.1, 0.15) is 10.8 Å². The Kier molecular flexibility index (Phi) is 1.79. The zero-order chi connectivity index (χ0) is 8.60. The van der Waals surface area contributed by atoms with Crippen LogP contribution in [0.4, 0.5) is 0 Å². The summed E-state index contributed by atoms with van der Waals surface area (Å²) in [5.74, 6) is 0. The maximum Gasteiger partial charge on any atom is 0.137 e. The molecule has 1 saturated heterocycles. The van der Waals surface area contributed by atoms with E-state index in [1.165, 1.54) is 0 Å². The SMILES string of the molecule is OC1(c2ccc(Cl)nc2)COC1. The molecule has 0 bridgehead atoms. The molecule has 4 heteroatoms. The molecule has 0 amide bonds. The smallest absolute Gasteiger partial charge is 0.137 e. The van der Waals surface area contributed by atoms with Crippen molar-refractivity contribution >= 4 is 11.6 Å². The van der Waals surface area contributed by atoms with Gasteiger partial charge in [0.15, 0.2) is 0 Å². The molecule has 3 nitrogen and oxygen atoms in total. The molecule has 0 spiro atoms. The maximum atomic E-state index is 9.76. The van der Waals surface area contributed by atoms with Crippen LogP contribution in [0, 0.1) is 0 Å². The number of ether oxygens (including phenoxy) is 1. The highest BCUT2D eigenvalue weighted by molar-refractivity contribution is 6.29. The number of hydrogen-bond acceptors (Lipinski definition) is 3. The quantitative estimate of drug-likeness (QED) is 0.663. The van der Waals surface area contributed by atoms with Crippen LogP contribution in [0.3, 0.4) is 0 Å². The van der Waals surface area contributed by atoms with E-state index in [9.17, 15) is 5.11 Å². The molecule has 0 atom stereocenters. The van der Waals surface area contributed by atoms with Crippen LogP contribution >= 0.6 is 11.6 Å². The van der Waals surface area contributed by atoms with Crippen molar-refractivity contribution in [1.82, 2.24) is 4.98 Å². The van der Waals surface area contributed by atoms with Crippen molar-refractivity contribution in [3.63, 3.8) is 0 Å². The molecule has 0 unspecified atom stereocenters. The van der Waals surface area contributed by atoms with E-state index in [1.54, 1.807) is 18.3 Å². The molecule has 0 radical (unpaired) electrons. The van der Waals surface area contributed by atoms with Crippen LogP contribution in [0.1, 0.15) is 5.56 Å². The number of rotatable bonds is 1. The zero-order valence-electron chi connectivity index (χ0n) is 6.33. The van der Waals surface area contributed by atoms with Gasteiger partial charge in [-0.1, -0.05) is 17.7 Å². The Balaban J connectivity index is 2.28. The van der Waals surface area contributed by atoms with Gasteiger partial charge in [0, 0.05) is 11.8 Å². The molecule has 0 aromatic carbocycles. The van der Waals surface area contributed by atoms with Crippen LogP contribution in [0.2, 0.25) is 5.15 Å². The topological polar surface area (TPSA) is 42.4 Å². The van der Waals surface area contributed by atoms with Gasteiger partial charge in [-0.25, -0.2) is 4.98 Å². The predicted molar refractivity (Wildman–Crippen MR) is 44.0 cm³/mol. The Morgan fingerprint density at radius 2 is 2.25 bits per heavy atom. The normalized spacial score (nSPS) is 20.2. The highest BCUT2D eigenvalue weighted by Gasteiger charge is 2.38. The first kappa shape index (κ1) is 7.98. The second kappa shape index (κ2) is 2.69. The number of nitrogens with zero attached hydrogens (tertiary/aromatic N) is 1. The third-order valence-corrected chi connectivity index (χ3v) is 2.17. The van der Waals surface area contributed by atoms with Crippen LogP contribution < -0.4 is 0 Å². The minimum Gasteiger partial charge on any atom is -0.380 e. The van der Waals surface area contributed by atoms with Gasteiger partial charge in [-0.3, -0.25) is 0 Å². The fraction of sp³-hybridized carbons (Fsp3) is 0.375. The number of aromatic nitrogens is 1. The third kappa shape index (κ3) is 1.20. The molecule has 64 valence electrons. The molecule has 1 aromatic heterocycles. The maximum absolute atomic E-state index is 9.76. The van der Waals surface area contributed by atoms with Gasteiger partial charge in [-0.15, -0.1) is 0 Å². The molecule has 1 aliphatic heterocycles. The van der Waals surface area contributed by atoms with Crippen molar-refractivity contribution in [2.75, 3.05) is 13.2 Å². The van der Waals surface area contributed by atoms with Gasteiger partial charge in [0.05, 0.1) is 13.2 Å². The van der Waals surface area contributed by atoms with Crippen LogP contribution in [-0.4, -0.2) is 23.3 Å². The average Bonchev–Trinajstić information content (AvgIpc) is 2.02. The lowest BCUT2D eigenvalue weighted by Crippen LogP contribution is -2.46. The zero-order valence-corrected chi connectivity index (χ0v) is 7.08. The van der Waals surface area contributed by atoms with Crippen molar-refractivity contribution in [1.29, 1.82) is 0 Å². The molecular formula is C8H8ClNO2. The largest absolute Gasteiger partial charge is 0.380 e. The summed E-state index contributed by atoms with van der Waals surface area (Å²) < 4.78 is 4.91. The Labute approximate surface area is 75.0 Å². The molecule has 1 fully saturated rings. The summed E-state index contributed by atoms with van der Waals surface area (Å²) in [5.41, 5.74) is -0.0735. The average molecular weight is 186 g/mol. The van der Waals surface area contributed by atoms with Crippen LogP contribution in [0.25, 0.3) is 0 Å². The fourth-order valence-corrected chi connectivity index (χ4v) is 1.22. The van der Waals surface area contributed by atoms with Crippen LogP contribution in [0.5, 0.6) is 0 Å². The highest BCUT2D eigenvalue weighted by atomic mass is 35.5. The predicted octanol–water partition coefficient (Wildman–Crippen LogP) is 0.953. The molecule has 12 heavy (non-hydrogen) atoms. The van der Waals surface area contributed by atoms with E-state index in [-0.39, 0.29) is 0 Å². The summed E-state index contributed by atoms with van der Waals surface area (Å²) in [6, 6.07) is 3.42. The van der Waals surface area contributed by atoms with E-state index in [0.29, 0.717) is 18.4 Å². The molecular weight excluding hydrogens is 178 g/mol. The van der Waals surface area contributed by atoms with Gasteiger partial charge in [-0.05, 0) is 6.07 Å².